The molecule has 7 nitrogen and oxygen atoms in total. The van der Waals surface area contributed by atoms with Crippen molar-refractivity contribution < 1.29 is 13.9 Å². The van der Waals surface area contributed by atoms with Crippen LogP contribution in [-0.4, -0.2) is 62.3 Å². The largest absolute Gasteiger partial charge is 0.383 e. The van der Waals surface area contributed by atoms with E-state index in [2.05, 4.69) is 25.1 Å². The highest BCUT2D eigenvalue weighted by atomic mass is 19.1. The highest BCUT2D eigenvalue weighted by Gasteiger charge is 2.20. The molecule has 1 amide bonds. The minimum Gasteiger partial charge on any atom is -0.383 e. The van der Waals surface area contributed by atoms with Gasteiger partial charge in [0.1, 0.15) is 23.2 Å². The van der Waals surface area contributed by atoms with E-state index in [1.807, 2.05) is 0 Å². The second-order valence-corrected chi connectivity index (χ2v) is 6.36. The van der Waals surface area contributed by atoms with Crippen LogP contribution in [0.3, 0.4) is 0 Å². The summed E-state index contributed by atoms with van der Waals surface area (Å²) in [5.74, 6) is 0.845. The molecular formula is C19H24FN5O2. The molecule has 1 saturated heterocycles. The van der Waals surface area contributed by atoms with Crippen molar-refractivity contribution >= 4 is 17.4 Å². The molecule has 0 spiro atoms. The average molecular weight is 373 g/mol. The summed E-state index contributed by atoms with van der Waals surface area (Å²) in [6.07, 6.45) is 0. The van der Waals surface area contributed by atoms with Crippen LogP contribution >= 0.6 is 0 Å². The quantitative estimate of drug-likeness (QED) is 0.776. The summed E-state index contributed by atoms with van der Waals surface area (Å²) in [6, 6.07) is 8.27. The lowest BCUT2D eigenvalue weighted by molar-refractivity contribution is 0.0931. The van der Waals surface area contributed by atoms with Crippen LogP contribution in [0, 0.1) is 12.7 Å². The molecule has 3 rings (SSSR count). The van der Waals surface area contributed by atoms with Crippen molar-refractivity contribution in [2.75, 3.05) is 56.2 Å². The number of aryl methyl sites for hydroxylation is 1. The van der Waals surface area contributed by atoms with Crippen molar-refractivity contribution in [3.05, 3.63) is 47.7 Å². The van der Waals surface area contributed by atoms with Crippen molar-refractivity contribution in [3.8, 4) is 0 Å². The number of anilines is 2. The van der Waals surface area contributed by atoms with E-state index >= 15 is 0 Å². The Balaban J connectivity index is 1.65. The van der Waals surface area contributed by atoms with E-state index in [9.17, 15) is 9.18 Å². The van der Waals surface area contributed by atoms with Gasteiger partial charge in [0.05, 0.1) is 6.61 Å². The Hall–Kier alpha value is -2.74. The number of carbonyl (C=O) groups excluding carboxylic acids is 1. The lowest BCUT2D eigenvalue weighted by Gasteiger charge is -2.36. The second-order valence-electron chi connectivity index (χ2n) is 6.36. The van der Waals surface area contributed by atoms with Crippen LogP contribution in [0.25, 0.3) is 0 Å². The summed E-state index contributed by atoms with van der Waals surface area (Å²) in [7, 11) is 1.59. The van der Waals surface area contributed by atoms with Gasteiger partial charge in [-0.05, 0) is 31.2 Å². The number of methoxy groups -OCH3 is 1. The standard InChI is InChI=1S/C19H24FN5O2/c1-14-22-17(19(26)21-7-12-27-2)13-18(23-14)25-10-8-24(9-11-25)16-5-3-15(20)4-6-16/h3-6,13H,7-12H2,1-2H3,(H,21,26). The van der Waals surface area contributed by atoms with Crippen LogP contribution in [0.2, 0.25) is 0 Å². The van der Waals surface area contributed by atoms with Gasteiger partial charge in [0, 0.05) is 51.6 Å². The summed E-state index contributed by atoms with van der Waals surface area (Å²) in [4.78, 5) is 25.3. The van der Waals surface area contributed by atoms with E-state index in [-0.39, 0.29) is 11.7 Å². The van der Waals surface area contributed by atoms with Crippen LogP contribution in [0.4, 0.5) is 15.9 Å². The van der Waals surface area contributed by atoms with Gasteiger partial charge in [0.2, 0.25) is 0 Å². The monoisotopic (exact) mass is 373 g/mol. The minimum atomic E-state index is -0.233. The first kappa shape index (κ1) is 19.0. The molecule has 0 atom stereocenters. The third-order valence-electron chi connectivity index (χ3n) is 4.44. The van der Waals surface area contributed by atoms with Crippen molar-refractivity contribution in [2.45, 2.75) is 6.92 Å². The molecule has 1 aromatic carbocycles. The maximum absolute atomic E-state index is 13.1. The molecule has 1 aliphatic heterocycles. The first-order valence-electron chi connectivity index (χ1n) is 8.95. The minimum absolute atomic E-state index is 0.231. The van der Waals surface area contributed by atoms with Crippen molar-refractivity contribution in [3.63, 3.8) is 0 Å². The summed E-state index contributed by atoms with van der Waals surface area (Å²) in [5.41, 5.74) is 1.36. The highest BCUT2D eigenvalue weighted by molar-refractivity contribution is 5.92. The first-order valence-corrected chi connectivity index (χ1v) is 8.95. The summed E-state index contributed by atoms with van der Waals surface area (Å²) < 4.78 is 18.0. The van der Waals surface area contributed by atoms with E-state index in [0.717, 1.165) is 37.7 Å². The number of benzene rings is 1. The molecule has 0 radical (unpaired) electrons. The van der Waals surface area contributed by atoms with Crippen LogP contribution in [0.5, 0.6) is 0 Å². The Morgan fingerprint density at radius 1 is 1.15 bits per heavy atom. The summed E-state index contributed by atoms with van der Waals surface area (Å²) in [6.45, 7) is 5.79. The van der Waals surface area contributed by atoms with Crippen molar-refractivity contribution in [1.82, 2.24) is 15.3 Å². The molecule has 0 aliphatic carbocycles. The Morgan fingerprint density at radius 2 is 1.81 bits per heavy atom. The van der Waals surface area contributed by atoms with Gasteiger partial charge in [-0.1, -0.05) is 0 Å². The number of halogens is 1. The van der Waals surface area contributed by atoms with E-state index < -0.39 is 0 Å². The summed E-state index contributed by atoms with van der Waals surface area (Å²) >= 11 is 0. The third-order valence-corrected chi connectivity index (χ3v) is 4.44. The van der Waals surface area contributed by atoms with E-state index in [1.165, 1.54) is 12.1 Å². The number of hydrogen-bond acceptors (Lipinski definition) is 6. The van der Waals surface area contributed by atoms with Crippen LogP contribution in [0.15, 0.2) is 30.3 Å². The molecular weight excluding hydrogens is 349 g/mol. The second kappa shape index (κ2) is 8.77. The Kier molecular flexibility index (Phi) is 6.18. The zero-order chi connectivity index (χ0) is 19.2. The SMILES string of the molecule is COCCNC(=O)c1cc(N2CCN(c3ccc(F)cc3)CC2)nc(C)n1. The maximum Gasteiger partial charge on any atom is 0.270 e. The van der Waals surface area contributed by atoms with Crippen LogP contribution < -0.4 is 15.1 Å². The number of aromatic nitrogens is 2. The van der Waals surface area contributed by atoms with Crippen LogP contribution in [-0.2, 0) is 4.74 Å². The molecule has 1 aromatic heterocycles. The third kappa shape index (κ3) is 4.91. The molecule has 2 aromatic rings. The van der Waals surface area contributed by atoms with Crippen molar-refractivity contribution in [2.24, 2.45) is 0 Å². The van der Waals surface area contributed by atoms with Gasteiger partial charge in [-0.3, -0.25) is 4.79 Å². The molecule has 0 saturated carbocycles. The number of carbonyl (C=O) groups is 1. The topological polar surface area (TPSA) is 70.6 Å². The van der Waals surface area contributed by atoms with E-state index in [0.29, 0.717) is 24.7 Å². The van der Waals surface area contributed by atoms with Gasteiger partial charge in [0.25, 0.3) is 5.91 Å². The molecule has 1 fully saturated rings. The average Bonchev–Trinajstić information content (AvgIpc) is 2.68. The smallest absolute Gasteiger partial charge is 0.270 e. The zero-order valence-corrected chi connectivity index (χ0v) is 15.6. The van der Waals surface area contributed by atoms with Crippen molar-refractivity contribution in [1.29, 1.82) is 0 Å². The number of piperazine rings is 1. The van der Waals surface area contributed by atoms with Crippen LogP contribution in [0.1, 0.15) is 16.3 Å². The number of rotatable bonds is 6. The Morgan fingerprint density at radius 3 is 2.48 bits per heavy atom. The predicted octanol–water partition coefficient (Wildman–Crippen LogP) is 1.63. The van der Waals surface area contributed by atoms with E-state index in [4.69, 9.17) is 4.74 Å². The normalized spacial score (nSPS) is 14.3. The lowest BCUT2D eigenvalue weighted by atomic mass is 10.2. The fourth-order valence-corrected chi connectivity index (χ4v) is 3.03. The van der Waals surface area contributed by atoms with Gasteiger partial charge in [-0.25, -0.2) is 14.4 Å². The molecule has 27 heavy (non-hydrogen) atoms. The zero-order valence-electron chi connectivity index (χ0n) is 15.6. The predicted molar refractivity (Wildman–Crippen MR) is 102 cm³/mol. The van der Waals surface area contributed by atoms with Gasteiger partial charge >= 0.3 is 0 Å². The fraction of sp³-hybridized carbons (Fsp3) is 0.421. The number of hydrogen-bond donors (Lipinski definition) is 1. The van der Waals surface area contributed by atoms with Gasteiger partial charge in [0.15, 0.2) is 0 Å². The van der Waals surface area contributed by atoms with E-state index in [1.54, 1.807) is 32.2 Å². The molecule has 2 heterocycles. The molecule has 1 N–H and O–H groups in total. The maximum atomic E-state index is 13.1. The Bertz CT molecular complexity index is 776. The number of nitrogens with zero attached hydrogens (tertiary/aromatic N) is 4. The number of amides is 1. The summed E-state index contributed by atoms with van der Waals surface area (Å²) in [5, 5.41) is 2.78. The van der Waals surface area contributed by atoms with Gasteiger partial charge < -0.3 is 19.9 Å². The highest BCUT2D eigenvalue weighted by Crippen LogP contribution is 2.20. The first-order chi connectivity index (χ1) is 13.1. The van der Waals surface area contributed by atoms with Gasteiger partial charge in [-0.2, -0.15) is 0 Å². The molecule has 1 aliphatic rings. The number of ether oxygens (including phenoxy) is 1. The number of nitrogens with one attached hydrogen (secondary N) is 1. The molecule has 0 bridgehead atoms. The molecule has 8 heteroatoms. The van der Waals surface area contributed by atoms with Gasteiger partial charge in [-0.15, -0.1) is 0 Å². The lowest BCUT2D eigenvalue weighted by Crippen LogP contribution is -2.47. The molecule has 144 valence electrons. The molecule has 0 unspecified atom stereocenters. The fourth-order valence-electron chi connectivity index (χ4n) is 3.03. The Labute approximate surface area is 158 Å².